The number of benzene rings is 2. The number of likely N-dealkylation sites (tertiary alicyclic amines) is 1. The molecule has 1 saturated heterocycles. The number of piperidine rings is 1. The number of hydrogen-bond donors (Lipinski definition) is 2. The van der Waals surface area contributed by atoms with Crippen LogP contribution in [-0.2, 0) is 15.8 Å². The van der Waals surface area contributed by atoms with Gasteiger partial charge in [0, 0.05) is 41.5 Å². The third-order valence-corrected chi connectivity index (χ3v) is 6.56. The van der Waals surface area contributed by atoms with E-state index in [9.17, 15) is 22.8 Å². The summed E-state index contributed by atoms with van der Waals surface area (Å²) in [6.45, 7) is 3.20. The lowest BCUT2D eigenvalue weighted by Crippen LogP contribution is -2.38. The second kappa shape index (κ2) is 11.7. The highest BCUT2D eigenvalue weighted by Gasteiger charge is 2.33. The molecule has 2 heterocycles. The summed E-state index contributed by atoms with van der Waals surface area (Å²) < 4.78 is 46.0. The Hall–Kier alpha value is -3.78. The summed E-state index contributed by atoms with van der Waals surface area (Å²) in [6.07, 6.45) is -2.28. The standard InChI is InChI=1S/C27H24BrF3N4O3/c1-17(36)35-11-9-19(10-12-35)16-38-23-7-6-20(26-32-15-24(34-26)27(29,30)31)14-22(23)33-25(37)8-5-18-3-2-4-21(28)13-18/h2-4,6-7,13-15,19H,9-12,16H2,1H3,(H,32,34)(H,33,37). The number of hydrogen-bond acceptors (Lipinski definition) is 4. The maximum absolute atomic E-state index is 13.0. The largest absolute Gasteiger partial charge is 0.491 e. The molecule has 0 unspecified atom stereocenters. The van der Waals surface area contributed by atoms with Gasteiger partial charge in [0.2, 0.25) is 5.91 Å². The van der Waals surface area contributed by atoms with E-state index in [-0.39, 0.29) is 23.3 Å². The molecule has 11 heteroatoms. The molecule has 1 aromatic heterocycles. The number of nitrogens with one attached hydrogen (secondary N) is 2. The molecule has 1 aliphatic rings. The molecule has 2 aromatic carbocycles. The second-order valence-corrected chi connectivity index (χ2v) is 9.74. The average molecular weight is 589 g/mol. The Morgan fingerprint density at radius 1 is 1.21 bits per heavy atom. The molecule has 0 saturated carbocycles. The van der Waals surface area contributed by atoms with Crippen molar-refractivity contribution in [3.63, 3.8) is 0 Å². The normalized spacial score (nSPS) is 14.0. The third kappa shape index (κ3) is 7.16. The molecule has 3 aromatic rings. The Morgan fingerprint density at radius 3 is 2.63 bits per heavy atom. The van der Waals surface area contributed by atoms with Crippen LogP contribution in [0.15, 0.2) is 53.1 Å². The quantitative estimate of drug-likeness (QED) is 0.386. The number of aromatic nitrogens is 2. The number of imidazole rings is 1. The zero-order valence-corrected chi connectivity index (χ0v) is 21.9. The summed E-state index contributed by atoms with van der Waals surface area (Å²) in [5.41, 5.74) is 0.238. The van der Waals surface area contributed by atoms with Crippen LogP contribution >= 0.6 is 15.9 Å². The predicted octanol–water partition coefficient (Wildman–Crippen LogP) is 5.49. The van der Waals surface area contributed by atoms with Crippen LogP contribution in [0, 0.1) is 17.8 Å². The van der Waals surface area contributed by atoms with Crippen LogP contribution < -0.4 is 10.1 Å². The number of halogens is 4. The Kier molecular flexibility index (Phi) is 8.42. The first-order valence-electron chi connectivity index (χ1n) is 11.8. The van der Waals surface area contributed by atoms with Crippen LogP contribution in [0.4, 0.5) is 18.9 Å². The number of amides is 2. The van der Waals surface area contributed by atoms with E-state index < -0.39 is 17.8 Å². The number of carbonyl (C=O) groups is 2. The van der Waals surface area contributed by atoms with Gasteiger partial charge in [-0.25, -0.2) is 4.98 Å². The number of H-pyrrole nitrogens is 1. The molecule has 0 bridgehead atoms. The van der Waals surface area contributed by atoms with E-state index in [1.54, 1.807) is 42.2 Å². The van der Waals surface area contributed by atoms with Crippen molar-refractivity contribution < 1.29 is 27.5 Å². The number of alkyl halides is 3. The van der Waals surface area contributed by atoms with E-state index in [1.807, 2.05) is 6.07 Å². The predicted molar refractivity (Wildman–Crippen MR) is 139 cm³/mol. The number of carbonyl (C=O) groups excluding carboxylic acids is 2. The molecule has 7 nitrogen and oxygen atoms in total. The molecule has 4 rings (SSSR count). The molecule has 0 atom stereocenters. The molecule has 0 spiro atoms. The van der Waals surface area contributed by atoms with Crippen molar-refractivity contribution in [3.05, 3.63) is 64.4 Å². The Balaban J connectivity index is 1.54. The number of nitrogens with zero attached hydrogens (tertiary/aromatic N) is 2. The zero-order valence-electron chi connectivity index (χ0n) is 20.4. The minimum absolute atomic E-state index is 0.00352. The van der Waals surface area contributed by atoms with Crippen LogP contribution in [0.1, 0.15) is 31.0 Å². The number of ether oxygens (including phenoxy) is 1. The van der Waals surface area contributed by atoms with Crippen molar-refractivity contribution in [2.24, 2.45) is 5.92 Å². The van der Waals surface area contributed by atoms with Crippen LogP contribution in [0.25, 0.3) is 11.4 Å². The maximum Gasteiger partial charge on any atom is 0.432 e. The van der Waals surface area contributed by atoms with Crippen molar-refractivity contribution in [3.8, 4) is 29.0 Å². The molecule has 1 fully saturated rings. The topological polar surface area (TPSA) is 87.3 Å². The maximum atomic E-state index is 13.0. The highest BCUT2D eigenvalue weighted by Crippen LogP contribution is 2.33. The lowest BCUT2D eigenvalue weighted by molar-refractivity contribution is -0.140. The fourth-order valence-electron chi connectivity index (χ4n) is 3.98. The van der Waals surface area contributed by atoms with Gasteiger partial charge in [-0.3, -0.25) is 9.59 Å². The fraction of sp³-hybridized carbons (Fsp3) is 0.296. The van der Waals surface area contributed by atoms with E-state index in [1.165, 1.54) is 6.07 Å². The van der Waals surface area contributed by atoms with Crippen molar-refractivity contribution in [2.75, 3.05) is 25.0 Å². The SMILES string of the molecule is CC(=O)N1CCC(COc2ccc(-c3ncc(C(F)(F)F)[nH]3)cc2NC(=O)C#Cc2cccc(Br)c2)CC1. The van der Waals surface area contributed by atoms with Gasteiger partial charge in [0.05, 0.1) is 18.5 Å². The van der Waals surface area contributed by atoms with Crippen LogP contribution in [0.2, 0.25) is 0 Å². The van der Waals surface area contributed by atoms with Gasteiger partial charge in [-0.15, -0.1) is 0 Å². The Labute approximate surface area is 225 Å². The number of anilines is 1. The summed E-state index contributed by atoms with van der Waals surface area (Å²) >= 11 is 3.35. The van der Waals surface area contributed by atoms with Crippen LogP contribution in [0.5, 0.6) is 5.75 Å². The van der Waals surface area contributed by atoms with Crippen molar-refractivity contribution in [2.45, 2.75) is 25.9 Å². The minimum atomic E-state index is -4.56. The summed E-state index contributed by atoms with van der Waals surface area (Å²) in [6, 6.07) is 11.8. The van der Waals surface area contributed by atoms with Gasteiger partial charge in [0.1, 0.15) is 17.3 Å². The monoisotopic (exact) mass is 588 g/mol. The molecule has 0 radical (unpaired) electrons. The molecular formula is C27H24BrF3N4O3. The van der Waals surface area contributed by atoms with Crippen molar-refractivity contribution >= 4 is 33.4 Å². The fourth-order valence-corrected chi connectivity index (χ4v) is 4.38. The number of aromatic amines is 1. The highest BCUT2D eigenvalue weighted by atomic mass is 79.9. The Bertz CT molecular complexity index is 1390. The Morgan fingerprint density at radius 2 is 1.97 bits per heavy atom. The van der Waals surface area contributed by atoms with Crippen molar-refractivity contribution in [1.29, 1.82) is 0 Å². The molecule has 2 amide bonds. The van der Waals surface area contributed by atoms with Crippen LogP contribution in [-0.4, -0.2) is 46.4 Å². The van der Waals surface area contributed by atoms with Crippen molar-refractivity contribution in [1.82, 2.24) is 14.9 Å². The first kappa shape index (κ1) is 27.3. The van der Waals surface area contributed by atoms with Gasteiger partial charge >= 0.3 is 12.1 Å². The van der Waals surface area contributed by atoms with E-state index in [4.69, 9.17) is 4.74 Å². The van der Waals surface area contributed by atoms with Gasteiger partial charge in [-0.05, 0) is 55.2 Å². The summed E-state index contributed by atoms with van der Waals surface area (Å²) in [4.78, 5) is 32.1. The zero-order chi connectivity index (χ0) is 27.3. The third-order valence-electron chi connectivity index (χ3n) is 6.06. The lowest BCUT2D eigenvalue weighted by atomic mass is 9.98. The molecule has 1 aliphatic heterocycles. The van der Waals surface area contributed by atoms with E-state index >= 15 is 0 Å². The van der Waals surface area contributed by atoms with Gasteiger partial charge in [-0.1, -0.05) is 27.9 Å². The highest BCUT2D eigenvalue weighted by molar-refractivity contribution is 9.10. The molecular weight excluding hydrogens is 565 g/mol. The number of rotatable bonds is 5. The average Bonchev–Trinajstić information content (AvgIpc) is 3.38. The van der Waals surface area contributed by atoms with E-state index in [2.05, 4.69) is 43.1 Å². The summed E-state index contributed by atoms with van der Waals surface area (Å²) in [7, 11) is 0. The summed E-state index contributed by atoms with van der Waals surface area (Å²) in [5.74, 6) is 5.29. The van der Waals surface area contributed by atoms with Crippen LogP contribution in [0.3, 0.4) is 0 Å². The molecule has 2 N–H and O–H groups in total. The van der Waals surface area contributed by atoms with Gasteiger partial charge in [0.15, 0.2) is 0 Å². The molecule has 198 valence electrons. The second-order valence-electron chi connectivity index (χ2n) is 8.83. The van der Waals surface area contributed by atoms with E-state index in [0.717, 1.165) is 23.5 Å². The van der Waals surface area contributed by atoms with Gasteiger partial charge in [0.25, 0.3) is 0 Å². The molecule has 0 aliphatic carbocycles. The van der Waals surface area contributed by atoms with Gasteiger partial charge in [-0.2, -0.15) is 13.2 Å². The van der Waals surface area contributed by atoms with E-state index in [0.29, 0.717) is 36.6 Å². The first-order chi connectivity index (χ1) is 18.1. The van der Waals surface area contributed by atoms with Gasteiger partial charge < -0.3 is 19.9 Å². The molecule has 38 heavy (non-hydrogen) atoms. The lowest BCUT2D eigenvalue weighted by Gasteiger charge is -2.31. The first-order valence-corrected chi connectivity index (χ1v) is 12.6. The minimum Gasteiger partial charge on any atom is -0.491 e. The summed E-state index contributed by atoms with van der Waals surface area (Å²) in [5, 5.41) is 2.69. The smallest absolute Gasteiger partial charge is 0.432 e.